The van der Waals surface area contributed by atoms with Gasteiger partial charge in [-0.25, -0.2) is 0 Å². The van der Waals surface area contributed by atoms with Crippen molar-refractivity contribution in [2.75, 3.05) is 7.11 Å². The van der Waals surface area contributed by atoms with Crippen molar-refractivity contribution in [1.82, 2.24) is 0 Å². The Bertz CT molecular complexity index is 786. The van der Waals surface area contributed by atoms with Crippen LogP contribution >= 0.6 is 0 Å². The molecule has 0 radical (unpaired) electrons. The molecule has 0 amide bonds. The first-order chi connectivity index (χ1) is 10.8. The molecule has 0 spiro atoms. The fourth-order valence-corrected chi connectivity index (χ4v) is 2.35. The van der Waals surface area contributed by atoms with Crippen molar-refractivity contribution in [3.63, 3.8) is 0 Å². The number of carbonyl (C=O) groups excluding carboxylic acids is 1. The number of hydrogen-bond acceptors (Lipinski definition) is 3. The molecule has 0 aliphatic heterocycles. The number of methoxy groups -OCH3 is 1. The highest BCUT2D eigenvalue weighted by Crippen LogP contribution is 2.25. The second-order valence-electron chi connectivity index (χ2n) is 4.98. The molecule has 3 nitrogen and oxygen atoms in total. The number of fused-ring (bicyclic) bond motifs is 1. The van der Waals surface area contributed by atoms with Crippen molar-refractivity contribution in [2.24, 2.45) is 0 Å². The van der Waals surface area contributed by atoms with Crippen LogP contribution in [0.4, 0.5) is 0 Å². The van der Waals surface area contributed by atoms with Crippen LogP contribution in [0.3, 0.4) is 0 Å². The maximum Gasteiger partial charge on any atom is 0.315 e. The third-order valence-electron chi connectivity index (χ3n) is 3.48. The monoisotopic (exact) mass is 292 g/mol. The van der Waals surface area contributed by atoms with Crippen molar-refractivity contribution in [1.29, 1.82) is 0 Å². The van der Waals surface area contributed by atoms with E-state index in [1.807, 2.05) is 66.7 Å². The summed E-state index contributed by atoms with van der Waals surface area (Å²) < 4.78 is 10.6. The summed E-state index contributed by atoms with van der Waals surface area (Å²) in [5, 5.41) is 1.99. The first kappa shape index (κ1) is 14.1. The number of carbonyl (C=O) groups is 1. The molecule has 3 rings (SSSR count). The van der Waals surface area contributed by atoms with E-state index in [1.165, 1.54) is 0 Å². The smallest absolute Gasteiger partial charge is 0.315 e. The Labute approximate surface area is 129 Å². The Morgan fingerprint density at radius 3 is 2.41 bits per heavy atom. The summed E-state index contributed by atoms with van der Waals surface area (Å²) in [5.74, 6) is 1.09. The van der Waals surface area contributed by atoms with Gasteiger partial charge in [-0.3, -0.25) is 4.79 Å². The molecule has 110 valence electrons. The highest BCUT2D eigenvalue weighted by Gasteiger charge is 2.09. The Kier molecular flexibility index (Phi) is 4.05. The van der Waals surface area contributed by atoms with Gasteiger partial charge in [-0.05, 0) is 29.1 Å². The van der Waals surface area contributed by atoms with Gasteiger partial charge < -0.3 is 9.47 Å². The van der Waals surface area contributed by atoms with Crippen molar-refractivity contribution in [3.8, 4) is 11.5 Å². The first-order valence-corrected chi connectivity index (χ1v) is 7.07. The van der Waals surface area contributed by atoms with Crippen LogP contribution < -0.4 is 9.47 Å². The van der Waals surface area contributed by atoms with Gasteiger partial charge in [0, 0.05) is 5.39 Å². The zero-order valence-corrected chi connectivity index (χ0v) is 12.3. The lowest BCUT2D eigenvalue weighted by Gasteiger charge is -2.08. The Morgan fingerprint density at radius 1 is 0.909 bits per heavy atom. The number of benzene rings is 3. The molecule has 3 heteroatoms. The highest BCUT2D eigenvalue weighted by molar-refractivity contribution is 5.90. The van der Waals surface area contributed by atoms with E-state index in [0.717, 1.165) is 22.1 Å². The van der Waals surface area contributed by atoms with Gasteiger partial charge in [0.2, 0.25) is 0 Å². The fourth-order valence-electron chi connectivity index (χ4n) is 2.35. The predicted molar refractivity (Wildman–Crippen MR) is 86.3 cm³/mol. The van der Waals surface area contributed by atoms with E-state index in [9.17, 15) is 4.79 Å². The van der Waals surface area contributed by atoms with Crippen LogP contribution in [0.5, 0.6) is 11.5 Å². The second kappa shape index (κ2) is 6.31. The molecule has 0 saturated carbocycles. The van der Waals surface area contributed by atoms with Crippen LogP contribution in [0.2, 0.25) is 0 Å². The van der Waals surface area contributed by atoms with E-state index in [1.54, 1.807) is 7.11 Å². The van der Waals surface area contributed by atoms with E-state index in [2.05, 4.69) is 0 Å². The molecule has 3 aromatic carbocycles. The number of esters is 1. The first-order valence-electron chi connectivity index (χ1n) is 7.07. The molecule has 0 aromatic heterocycles. The molecule has 0 aliphatic carbocycles. The Morgan fingerprint density at radius 2 is 1.64 bits per heavy atom. The molecule has 0 aliphatic rings. The van der Waals surface area contributed by atoms with Gasteiger partial charge in [0.1, 0.15) is 11.5 Å². The number of ether oxygens (including phenoxy) is 2. The molecule has 22 heavy (non-hydrogen) atoms. The minimum absolute atomic E-state index is 0.229. The highest BCUT2D eigenvalue weighted by atomic mass is 16.5. The van der Waals surface area contributed by atoms with Gasteiger partial charge >= 0.3 is 5.97 Å². The number of hydrogen-bond donors (Lipinski definition) is 0. The van der Waals surface area contributed by atoms with Gasteiger partial charge in [-0.15, -0.1) is 0 Å². The molecule has 0 atom stereocenters. The van der Waals surface area contributed by atoms with Crippen LogP contribution in [-0.4, -0.2) is 13.1 Å². The molecule has 0 fully saturated rings. The van der Waals surface area contributed by atoms with E-state index in [4.69, 9.17) is 9.47 Å². The van der Waals surface area contributed by atoms with E-state index < -0.39 is 0 Å². The van der Waals surface area contributed by atoms with Gasteiger partial charge in [0.15, 0.2) is 0 Å². The SMILES string of the molecule is COc1ccc(CC(=O)Oc2cccc3ccccc23)cc1. The van der Waals surface area contributed by atoms with Crippen molar-refractivity contribution >= 4 is 16.7 Å². The Hall–Kier alpha value is -2.81. The van der Waals surface area contributed by atoms with Crippen LogP contribution in [0.15, 0.2) is 66.7 Å². The lowest BCUT2D eigenvalue weighted by atomic mass is 10.1. The van der Waals surface area contributed by atoms with Crippen molar-refractivity contribution in [2.45, 2.75) is 6.42 Å². The molecular weight excluding hydrogens is 276 g/mol. The van der Waals surface area contributed by atoms with Crippen LogP contribution in [0.25, 0.3) is 10.8 Å². The summed E-state index contributed by atoms with van der Waals surface area (Å²) in [7, 11) is 1.61. The lowest BCUT2D eigenvalue weighted by molar-refractivity contribution is -0.133. The summed E-state index contributed by atoms with van der Waals surface area (Å²) in [6.45, 7) is 0. The van der Waals surface area contributed by atoms with Gasteiger partial charge in [0.25, 0.3) is 0 Å². The normalized spacial score (nSPS) is 10.4. The zero-order chi connectivity index (χ0) is 15.4. The average Bonchev–Trinajstić information content (AvgIpc) is 2.56. The average molecular weight is 292 g/mol. The second-order valence-corrected chi connectivity index (χ2v) is 4.98. The van der Waals surface area contributed by atoms with Crippen molar-refractivity contribution in [3.05, 3.63) is 72.3 Å². The topological polar surface area (TPSA) is 35.5 Å². The summed E-state index contributed by atoms with van der Waals surface area (Å²) >= 11 is 0. The molecule has 0 N–H and O–H groups in total. The largest absolute Gasteiger partial charge is 0.497 e. The summed E-state index contributed by atoms with van der Waals surface area (Å²) in [6.07, 6.45) is 0.229. The summed E-state index contributed by atoms with van der Waals surface area (Å²) in [5.41, 5.74) is 0.894. The maximum absolute atomic E-state index is 12.1. The van der Waals surface area contributed by atoms with Crippen LogP contribution in [-0.2, 0) is 11.2 Å². The maximum atomic E-state index is 12.1. The molecular formula is C19H16O3. The van der Waals surface area contributed by atoms with Crippen molar-refractivity contribution < 1.29 is 14.3 Å². The minimum Gasteiger partial charge on any atom is -0.497 e. The van der Waals surface area contributed by atoms with Gasteiger partial charge in [-0.2, -0.15) is 0 Å². The third-order valence-corrected chi connectivity index (χ3v) is 3.48. The van der Waals surface area contributed by atoms with E-state index >= 15 is 0 Å². The van der Waals surface area contributed by atoms with Gasteiger partial charge in [-0.1, -0.05) is 48.5 Å². The standard InChI is InChI=1S/C19H16O3/c1-21-16-11-9-14(10-12-16)13-19(20)22-18-8-4-6-15-5-2-3-7-17(15)18/h2-12H,13H2,1H3. The minimum atomic E-state index is -0.276. The van der Waals surface area contributed by atoms with E-state index in [-0.39, 0.29) is 12.4 Å². The quantitative estimate of drug-likeness (QED) is 0.538. The summed E-state index contributed by atoms with van der Waals surface area (Å²) in [4.78, 5) is 12.1. The predicted octanol–water partition coefficient (Wildman–Crippen LogP) is 4.00. The molecule has 0 heterocycles. The number of rotatable bonds is 4. The van der Waals surface area contributed by atoms with Crippen LogP contribution in [0.1, 0.15) is 5.56 Å². The molecule has 0 unspecified atom stereocenters. The van der Waals surface area contributed by atoms with E-state index in [0.29, 0.717) is 5.75 Å². The molecule has 0 saturated heterocycles. The summed E-state index contributed by atoms with van der Waals surface area (Å²) in [6, 6.07) is 20.9. The third kappa shape index (κ3) is 3.09. The zero-order valence-electron chi connectivity index (χ0n) is 12.3. The van der Waals surface area contributed by atoms with Crippen LogP contribution in [0, 0.1) is 0 Å². The molecule has 0 bridgehead atoms. The van der Waals surface area contributed by atoms with Gasteiger partial charge in [0.05, 0.1) is 13.5 Å². The fraction of sp³-hybridized carbons (Fsp3) is 0.105. The lowest BCUT2D eigenvalue weighted by Crippen LogP contribution is -2.11. The Balaban J connectivity index is 1.75. The molecule has 3 aromatic rings.